The van der Waals surface area contributed by atoms with Crippen molar-refractivity contribution in [3.05, 3.63) is 58.4 Å². The summed E-state index contributed by atoms with van der Waals surface area (Å²) in [6.45, 7) is 1.97. The molecule has 0 saturated heterocycles. The van der Waals surface area contributed by atoms with Gasteiger partial charge in [-0.2, -0.15) is 5.10 Å². The molecule has 3 heteroatoms. The molecule has 2 aromatic rings. The molecule has 0 fully saturated rings. The first kappa shape index (κ1) is 11.9. The molecular weight excluding hydrogens is 236 g/mol. The Balaban J connectivity index is 2.00. The van der Waals surface area contributed by atoms with Gasteiger partial charge >= 0.3 is 0 Å². The first-order chi connectivity index (χ1) is 9.15. The van der Waals surface area contributed by atoms with E-state index >= 15 is 0 Å². The molecular formula is C16H16N2O. The summed E-state index contributed by atoms with van der Waals surface area (Å²) in [5.74, 6) is 0.158. The van der Waals surface area contributed by atoms with Crippen LogP contribution in [0.4, 0.5) is 0 Å². The zero-order chi connectivity index (χ0) is 13.4. The van der Waals surface area contributed by atoms with Gasteiger partial charge in [-0.3, -0.25) is 9.48 Å². The van der Waals surface area contributed by atoms with Gasteiger partial charge in [-0.25, -0.2) is 0 Å². The number of carbonyl (C=O) groups is 1. The molecule has 96 valence electrons. The van der Waals surface area contributed by atoms with Gasteiger partial charge < -0.3 is 0 Å². The van der Waals surface area contributed by atoms with E-state index in [2.05, 4.69) is 5.10 Å². The molecule has 0 bridgehead atoms. The number of aromatic nitrogens is 2. The maximum absolute atomic E-state index is 12.4. The number of ketones is 1. The van der Waals surface area contributed by atoms with E-state index in [1.54, 1.807) is 4.68 Å². The van der Waals surface area contributed by atoms with Crippen molar-refractivity contribution in [1.29, 1.82) is 0 Å². The summed E-state index contributed by atoms with van der Waals surface area (Å²) in [4.78, 5) is 12.4. The zero-order valence-corrected chi connectivity index (χ0v) is 11.2. The molecule has 1 heterocycles. The van der Waals surface area contributed by atoms with Crippen molar-refractivity contribution < 1.29 is 4.79 Å². The molecule has 0 amide bonds. The molecule has 1 aliphatic carbocycles. The SMILES string of the molecule is Cc1nn(C)cc1/C=C1/CCc2ccccc2C1=O. The number of hydrogen-bond acceptors (Lipinski definition) is 2. The van der Waals surface area contributed by atoms with Crippen LogP contribution in [0.1, 0.15) is 33.6 Å². The van der Waals surface area contributed by atoms with Crippen LogP contribution in [0.25, 0.3) is 6.08 Å². The monoisotopic (exact) mass is 252 g/mol. The van der Waals surface area contributed by atoms with Crippen molar-refractivity contribution in [2.24, 2.45) is 7.05 Å². The number of hydrogen-bond donors (Lipinski definition) is 0. The highest BCUT2D eigenvalue weighted by Crippen LogP contribution is 2.26. The number of rotatable bonds is 1. The molecule has 1 aliphatic rings. The minimum absolute atomic E-state index is 0.158. The predicted octanol–water partition coefficient (Wildman–Crippen LogP) is 2.94. The number of aryl methyl sites for hydroxylation is 3. The second-order valence-electron chi connectivity index (χ2n) is 5.00. The van der Waals surface area contributed by atoms with Crippen LogP contribution in [0.5, 0.6) is 0 Å². The van der Waals surface area contributed by atoms with Crippen LogP contribution in [0.3, 0.4) is 0 Å². The van der Waals surface area contributed by atoms with Gasteiger partial charge in [0, 0.05) is 29.9 Å². The van der Waals surface area contributed by atoms with Gasteiger partial charge in [-0.05, 0) is 31.4 Å². The number of allylic oxidation sites excluding steroid dienone is 1. The topological polar surface area (TPSA) is 34.9 Å². The number of carbonyl (C=O) groups excluding carboxylic acids is 1. The summed E-state index contributed by atoms with van der Waals surface area (Å²) < 4.78 is 1.78. The molecule has 0 radical (unpaired) electrons. The van der Waals surface area contributed by atoms with Crippen molar-refractivity contribution in [2.45, 2.75) is 19.8 Å². The van der Waals surface area contributed by atoms with Crippen LogP contribution in [0, 0.1) is 6.92 Å². The van der Waals surface area contributed by atoms with Crippen molar-refractivity contribution in [2.75, 3.05) is 0 Å². The lowest BCUT2D eigenvalue weighted by molar-refractivity contribution is 0.102. The van der Waals surface area contributed by atoms with Gasteiger partial charge in [0.05, 0.1) is 5.69 Å². The van der Waals surface area contributed by atoms with Crippen LogP contribution in [-0.2, 0) is 13.5 Å². The fraction of sp³-hybridized carbons (Fsp3) is 0.250. The van der Waals surface area contributed by atoms with Crippen molar-refractivity contribution in [3.63, 3.8) is 0 Å². The van der Waals surface area contributed by atoms with Crippen molar-refractivity contribution in [1.82, 2.24) is 9.78 Å². The maximum atomic E-state index is 12.4. The second kappa shape index (κ2) is 4.50. The average molecular weight is 252 g/mol. The number of Topliss-reactive ketones (excluding diaryl/α,β-unsaturated/α-hetero) is 1. The van der Waals surface area contributed by atoms with Gasteiger partial charge in [-0.1, -0.05) is 24.3 Å². The third kappa shape index (κ3) is 2.12. The van der Waals surface area contributed by atoms with Gasteiger partial charge in [0.1, 0.15) is 0 Å². The molecule has 3 rings (SSSR count). The quantitative estimate of drug-likeness (QED) is 0.731. The Morgan fingerprint density at radius 2 is 2.05 bits per heavy atom. The van der Waals surface area contributed by atoms with Gasteiger partial charge in [0.15, 0.2) is 5.78 Å². The Labute approximate surface area is 112 Å². The van der Waals surface area contributed by atoms with E-state index in [1.165, 1.54) is 0 Å². The Kier molecular flexibility index (Phi) is 2.82. The predicted molar refractivity (Wildman–Crippen MR) is 75.0 cm³/mol. The Morgan fingerprint density at radius 3 is 2.79 bits per heavy atom. The maximum Gasteiger partial charge on any atom is 0.189 e. The molecule has 0 spiro atoms. The summed E-state index contributed by atoms with van der Waals surface area (Å²) in [7, 11) is 1.90. The molecule has 1 aromatic heterocycles. The minimum atomic E-state index is 0.158. The minimum Gasteiger partial charge on any atom is -0.289 e. The third-order valence-electron chi connectivity index (χ3n) is 3.60. The van der Waals surface area contributed by atoms with Crippen LogP contribution in [-0.4, -0.2) is 15.6 Å². The van der Waals surface area contributed by atoms with E-state index in [1.807, 2.05) is 50.5 Å². The van der Waals surface area contributed by atoms with E-state index in [0.717, 1.165) is 40.8 Å². The van der Waals surface area contributed by atoms with E-state index < -0.39 is 0 Å². The summed E-state index contributed by atoms with van der Waals surface area (Å²) in [5, 5.41) is 4.31. The highest BCUT2D eigenvalue weighted by molar-refractivity contribution is 6.13. The Hall–Kier alpha value is -2.16. The molecule has 0 atom stereocenters. The lowest BCUT2D eigenvalue weighted by atomic mass is 9.86. The van der Waals surface area contributed by atoms with E-state index in [-0.39, 0.29) is 5.78 Å². The lowest BCUT2D eigenvalue weighted by Crippen LogP contribution is -2.13. The zero-order valence-electron chi connectivity index (χ0n) is 11.2. The van der Waals surface area contributed by atoms with Gasteiger partial charge in [0.25, 0.3) is 0 Å². The standard InChI is InChI=1S/C16H16N2O/c1-11-14(10-18(2)17-11)9-13-8-7-12-5-3-4-6-15(12)16(13)19/h3-6,9-10H,7-8H2,1-2H3/b13-9-. The van der Waals surface area contributed by atoms with E-state index in [9.17, 15) is 4.79 Å². The van der Waals surface area contributed by atoms with Crippen LogP contribution >= 0.6 is 0 Å². The third-order valence-corrected chi connectivity index (χ3v) is 3.60. The molecule has 0 unspecified atom stereocenters. The Morgan fingerprint density at radius 1 is 1.26 bits per heavy atom. The molecule has 0 aliphatic heterocycles. The van der Waals surface area contributed by atoms with E-state index in [0.29, 0.717) is 0 Å². The summed E-state index contributed by atoms with van der Waals surface area (Å²) >= 11 is 0. The number of benzene rings is 1. The summed E-state index contributed by atoms with van der Waals surface area (Å²) in [5.41, 5.74) is 4.88. The van der Waals surface area contributed by atoms with Gasteiger partial charge in [0.2, 0.25) is 0 Å². The molecule has 3 nitrogen and oxygen atoms in total. The highest BCUT2D eigenvalue weighted by atomic mass is 16.1. The smallest absolute Gasteiger partial charge is 0.189 e. The van der Waals surface area contributed by atoms with Gasteiger partial charge in [-0.15, -0.1) is 0 Å². The fourth-order valence-corrected chi connectivity index (χ4v) is 2.60. The molecule has 0 N–H and O–H groups in total. The molecule has 0 saturated carbocycles. The first-order valence-electron chi connectivity index (χ1n) is 6.48. The first-order valence-corrected chi connectivity index (χ1v) is 6.48. The van der Waals surface area contributed by atoms with E-state index in [4.69, 9.17) is 0 Å². The number of nitrogens with zero attached hydrogens (tertiary/aromatic N) is 2. The largest absolute Gasteiger partial charge is 0.289 e. The van der Waals surface area contributed by atoms with Crippen LogP contribution < -0.4 is 0 Å². The molecule has 1 aromatic carbocycles. The van der Waals surface area contributed by atoms with Crippen LogP contribution in [0.2, 0.25) is 0 Å². The lowest BCUT2D eigenvalue weighted by Gasteiger charge is -2.16. The summed E-state index contributed by atoms with van der Waals surface area (Å²) in [6.07, 6.45) is 5.69. The molecule has 19 heavy (non-hydrogen) atoms. The second-order valence-corrected chi connectivity index (χ2v) is 5.00. The van der Waals surface area contributed by atoms with Crippen molar-refractivity contribution in [3.8, 4) is 0 Å². The van der Waals surface area contributed by atoms with Crippen molar-refractivity contribution >= 4 is 11.9 Å². The normalized spacial score (nSPS) is 16.7. The van der Waals surface area contributed by atoms with Crippen LogP contribution in [0.15, 0.2) is 36.0 Å². The average Bonchev–Trinajstić information content (AvgIpc) is 2.72. The summed E-state index contributed by atoms with van der Waals surface area (Å²) in [6, 6.07) is 7.88. The highest BCUT2D eigenvalue weighted by Gasteiger charge is 2.21. The number of fused-ring (bicyclic) bond motifs is 1. The fourth-order valence-electron chi connectivity index (χ4n) is 2.60. The Bertz CT molecular complexity index is 680.